The van der Waals surface area contributed by atoms with Crippen LogP contribution in [-0.2, 0) is 18.6 Å². The Kier molecular flexibility index (Phi) is 9.63. The van der Waals surface area contributed by atoms with Crippen LogP contribution in [0.4, 0.5) is 70.2 Å². The van der Waals surface area contributed by atoms with Gasteiger partial charge in [0.15, 0.2) is 0 Å². The topological polar surface area (TPSA) is 139 Å². The van der Waals surface area contributed by atoms with E-state index in [4.69, 9.17) is 9.79 Å². The molecule has 1 saturated carbocycles. The molecule has 0 heterocycles. The summed E-state index contributed by atoms with van der Waals surface area (Å²) >= 11 is 0. The molecule has 26 heteroatoms. The van der Waals surface area contributed by atoms with Gasteiger partial charge >= 0.3 is 47.6 Å². The summed E-state index contributed by atoms with van der Waals surface area (Å²) in [6.45, 7) is 0. The molecule has 0 aliphatic heterocycles. The molecule has 8 nitrogen and oxygen atoms in total. The molecule has 240 valence electrons. The van der Waals surface area contributed by atoms with Crippen LogP contribution in [0.2, 0.25) is 0 Å². The third kappa shape index (κ3) is 6.37. The second kappa shape index (κ2) is 10.4. The Hall–Kier alpha value is -0.900. The molecule has 0 aromatic heterocycles. The fraction of sp³-hybridized carbons (Fsp3) is 1.00. The monoisotopic (exact) mass is 674 g/mol. The van der Waals surface area contributed by atoms with Crippen LogP contribution in [0.15, 0.2) is 0 Å². The highest BCUT2D eigenvalue weighted by Gasteiger charge is 2.75. The van der Waals surface area contributed by atoms with E-state index in [0.29, 0.717) is 0 Å². The lowest BCUT2D eigenvalue weighted by Crippen LogP contribution is -2.58. The molecule has 1 fully saturated rings. The van der Waals surface area contributed by atoms with Gasteiger partial charge in [0, 0.05) is 11.8 Å². The van der Waals surface area contributed by atoms with Gasteiger partial charge in [-0.1, -0.05) is 0 Å². The van der Waals surface area contributed by atoms with Gasteiger partial charge in [-0.15, -0.1) is 0 Å². The van der Waals surface area contributed by atoms with Crippen LogP contribution < -0.4 is 9.79 Å². The molecular formula is C14H12F16O8P2-2. The van der Waals surface area contributed by atoms with E-state index in [2.05, 4.69) is 0 Å². The van der Waals surface area contributed by atoms with Gasteiger partial charge < -0.3 is 28.7 Å². The number of hydrogen-bond acceptors (Lipinski definition) is 6. The van der Waals surface area contributed by atoms with E-state index in [1.807, 2.05) is 9.47 Å². The highest BCUT2D eigenvalue weighted by molar-refractivity contribution is 7.52. The summed E-state index contributed by atoms with van der Waals surface area (Å²) in [6.07, 6.45) is -35.1. The van der Waals surface area contributed by atoms with Crippen molar-refractivity contribution >= 4 is 15.2 Å². The molecule has 0 aromatic rings. The van der Waals surface area contributed by atoms with Crippen molar-refractivity contribution in [3.63, 3.8) is 0 Å². The van der Waals surface area contributed by atoms with Crippen LogP contribution in [0.3, 0.4) is 0 Å². The van der Waals surface area contributed by atoms with Gasteiger partial charge in [-0.2, -0.15) is 70.2 Å². The predicted molar refractivity (Wildman–Crippen MR) is 86.8 cm³/mol. The van der Waals surface area contributed by atoms with Gasteiger partial charge in [0.2, 0.25) is 15.2 Å². The van der Waals surface area contributed by atoms with Crippen LogP contribution in [0, 0.1) is 11.8 Å². The molecule has 0 bridgehead atoms. The van der Waals surface area contributed by atoms with Crippen molar-refractivity contribution in [2.75, 3.05) is 0 Å². The zero-order valence-electron chi connectivity index (χ0n) is 18.3. The van der Waals surface area contributed by atoms with Crippen LogP contribution >= 0.6 is 15.2 Å². The van der Waals surface area contributed by atoms with E-state index in [-0.39, 0.29) is 0 Å². The molecule has 40 heavy (non-hydrogen) atoms. The first kappa shape index (κ1) is 37.1. The summed E-state index contributed by atoms with van der Waals surface area (Å²) < 4.78 is 241. The van der Waals surface area contributed by atoms with E-state index in [9.17, 15) is 89.2 Å². The standard InChI is InChI=1S/C14H14F16O8P2/c15-7(16,9(19,20)37-11(23,24)13(27,28)39(31,32)33)5-1-2-6(4-3-5)8(17,18)10(21,22)38-12(25,26)14(29,30)40(34,35)36/h5-6H,1-4H2,(H2,31,32,33)(H2,34,35,36)/p-2. The Morgan fingerprint density at radius 1 is 0.500 bits per heavy atom. The van der Waals surface area contributed by atoms with Gasteiger partial charge in [0.1, 0.15) is 0 Å². The van der Waals surface area contributed by atoms with Crippen LogP contribution in [0.1, 0.15) is 25.7 Å². The van der Waals surface area contributed by atoms with Gasteiger partial charge in [-0.25, -0.2) is 9.47 Å². The lowest BCUT2D eigenvalue weighted by molar-refractivity contribution is -0.471. The fourth-order valence-electron chi connectivity index (χ4n) is 3.20. The second-order valence-electron chi connectivity index (χ2n) is 8.19. The molecule has 0 radical (unpaired) electrons. The molecule has 1 rings (SSSR count). The zero-order valence-corrected chi connectivity index (χ0v) is 20.1. The quantitative estimate of drug-likeness (QED) is 0.224. The van der Waals surface area contributed by atoms with Crippen LogP contribution in [0.25, 0.3) is 0 Å². The second-order valence-corrected chi connectivity index (χ2v) is 11.4. The number of rotatable bonds is 12. The molecule has 1 aliphatic carbocycles. The third-order valence-electron chi connectivity index (χ3n) is 5.45. The first-order valence-electron chi connectivity index (χ1n) is 9.63. The Morgan fingerprint density at radius 3 is 0.875 bits per heavy atom. The Bertz CT molecular complexity index is 937. The normalized spacial score (nSPS) is 24.4. The van der Waals surface area contributed by atoms with Crippen molar-refractivity contribution in [3.05, 3.63) is 0 Å². The van der Waals surface area contributed by atoms with Crippen molar-refractivity contribution in [2.45, 2.75) is 73.3 Å². The minimum absolute atomic E-state index is 1.86. The Balaban J connectivity index is 3.13. The number of ether oxygens (including phenoxy) is 2. The average molecular weight is 674 g/mol. The lowest BCUT2D eigenvalue weighted by atomic mass is 9.76. The number of halogens is 16. The van der Waals surface area contributed by atoms with Crippen molar-refractivity contribution in [1.82, 2.24) is 0 Å². The smallest absolute Gasteiger partial charge is 0.432 e. The minimum atomic E-state index is -7.59. The molecule has 2 atom stereocenters. The maximum absolute atomic E-state index is 14.1. The van der Waals surface area contributed by atoms with Gasteiger partial charge in [0.05, 0.1) is 0 Å². The zero-order chi connectivity index (χ0) is 32.4. The number of hydrogen-bond donors (Lipinski definition) is 2. The highest BCUT2D eigenvalue weighted by atomic mass is 31.2. The van der Waals surface area contributed by atoms with Crippen molar-refractivity contribution < 1.29 is 108 Å². The minimum Gasteiger partial charge on any atom is -0.774 e. The maximum atomic E-state index is 14.1. The van der Waals surface area contributed by atoms with Crippen LogP contribution in [-0.4, -0.2) is 57.4 Å². The predicted octanol–water partition coefficient (Wildman–Crippen LogP) is 4.74. The summed E-state index contributed by atoms with van der Waals surface area (Å²) in [6, 6.07) is 0. The Morgan fingerprint density at radius 2 is 0.700 bits per heavy atom. The molecule has 2 N–H and O–H groups in total. The maximum Gasteiger partial charge on any atom is 0.432 e. The fourth-order valence-corrected chi connectivity index (χ4v) is 3.95. The van der Waals surface area contributed by atoms with Crippen LogP contribution in [0.5, 0.6) is 0 Å². The summed E-state index contributed by atoms with van der Waals surface area (Å²) in [5.74, 6) is -18.6. The molecule has 0 amide bonds. The lowest BCUT2D eigenvalue weighted by Gasteiger charge is -2.42. The highest BCUT2D eigenvalue weighted by Crippen LogP contribution is 2.62. The SMILES string of the molecule is O=P([O-])(O)C(F)(F)C(F)(F)OC(F)(F)C(F)(F)C1CCC(C(F)(F)C(F)(F)OC(F)(F)C(F)(F)P(=O)([O-])O)CC1. The van der Waals surface area contributed by atoms with Gasteiger partial charge in [-0.05, 0) is 25.7 Å². The van der Waals surface area contributed by atoms with E-state index in [1.165, 1.54) is 0 Å². The van der Waals surface area contributed by atoms with Crippen molar-refractivity contribution in [3.8, 4) is 0 Å². The van der Waals surface area contributed by atoms with E-state index < -0.39 is 100 Å². The molecule has 0 saturated heterocycles. The summed E-state index contributed by atoms with van der Waals surface area (Å²) in [5.41, 5.74) is -13.8. The largest absolute Gasteiger partial charge is 0.774 e. The van der Waals surface area contributed by atoms with Gasteiger partial charge in [-0.3, -0.25) is 0 Å². The van der Waals surface area contributed by atoms with E-state index in [1.54, 1.807) is 0 Å². The van der Waals surface area contributed by atoms with Crippen molar-refractivity contribution in [2.24, 2.45) is 11.8 Å². The molecular weight excluding hydrogens is 662 g/mol. The van der Waals surface area contributed by atoms with Crippen molar-refractivity contribution in [1.29, 1.82) is 0 Å². The molecule has 2 unspecified atom stereocenters. The molecule has 0 aromatic carbocycles. The van der Waals surface area contributed by atoms with E-state index >= 15 is 0 Å². The first-order chi connectivity index (χ1) is 17.1. The summed E-state index contributed by atoms with van der Waals surface area (Å²) in [4.78, 5) is 36.7. The summed E-state index contributed by atoms with van der Waals surface area (Å²) in [5, 5.41) is 0. The first-order valence-corrected chi connectivity index (χ1v) is 12.8. The molecule has 0 spiro atoms. The molecule has 1 aliphatic rings. The Labute approximate surface area is 209 Å². The van der Waals surface area contributed by atoms with E-state index in [0.717, 1.165) is 0 Å². The third-order valence-corrected chi connectivity index (χ3v) is 7.39. The average Bonchev–Trinajstić information content (AvgIpc) is 2.70. The summed E-state index contributed by atoms with van der Waals surface area (Å²) in [7, 11) is -15.2. The van der Waals surface area contributed by atoms with Gasteiger partial charge in [0.25, 0.3) is 0 Å². The number of alkyl halides is 16.